The number of carbonyl (C=O) groups excluding carboxylic acids is 1. The Hall–Kier alpha value is -4.32. The van der Waals surface area contributed by atoms with E-state index in [-0.39, 0.29) is 5.56 Å². The maximum atomic E-state index is 11.4. The highest BCUT2D eigenvalue weighted by Crippen LogP contribution is 2.42. The maximum Gasteiger partial charge on any atom is 0.335 e. The molecule has 0 atom stereocenters. The second-order valence-corrected chi connectivity index (χ2v) is 11.5. The number of anilines is 2. The molecule has 13 nitrogen and oxygen atoms in total. The van der Waals surface area contributed by atoms with E-state index in [0.717, 1.165) is 62.6 Å². The normalized spacial score (nSPS) is 10.2. The third kappa shape index (κ3) is 15.2. The van der Waals surface area contributed by atoms with Gasteiger partial charge in [-0.3, -0.25) is 4.79 Å². The molecule has 51 heavy (non-hydrogen) atoms. The molecule has 4 rings (SSSR count). The molecular formula is C36H46N4O9S2. The number of carbonyl (C=O) groups is 2. The minimum atomic E-state index is -1.06. The van der Waals surface area contributed by atoms with Gasteiger partial charge in [0.2, 0.25) is 0 Å². The maximum absolute atomic E-state index is 11.4. The summed E-state index contributed by atoms with van der Waals surface area (Å²) < 4.78 is 21.4. The molecule has 0 bridgehead atoms. The van der Waals surface area contributed by atoms with Crippen LogP contribution in [0, 0.1) is 0 Å². The molecule has 0 aliphatic carbocycles. The Morgan fingerprint density at radius 2 is 1.18 bits per heavy atom. The Kier molecular flexibility index (Phi) is 21.5. The van der Waals surface area contributed by atoms with Gasteiger partial charge in [0.25, 0.3) is 0 Å². The van der Waals surface area contributed by atoms with E-state index in [9.17, 15) is 14.7 Å². The van der Waals surface area contributed by atoms with E-state index in [2.05, 4.69) is 34.5 Å². The van der Waals surface area contributed by atoms with Gasteiger partial charge in [-0.1, -0.05) is 76.9 Å². The average molecular weight is 743 g/mol. The van der Waals surface area contributed by atoms with Crippen LogP contribution >= 0.6 is 24.1 Å². The van der Waals surface area contributed by atoms with Crippen molar-refractivity contribution in [2.45, 2.75) is 63.2 Å². The topological polar surface area (TPSA) is 186 Å². The van der Waals surface area contributed by atoms with Crippen LogP contribution in [-0.4, -0.2) is 30.5 Å². The number of carboxylic acid groups (broad SMARTS) is 1. The van der Waals surface area contributed by atoms with Gasteiger partial charge in [0, 0.05) is 18.7 Å². The summed E-state index contributed by atoms with van der Waals surface area (Å²) in [7, 11) is 0. The monoisotopic (exact) mass is 742 g/mol. The predicted molar refractivity (Wildman–Crippen MR) is 201 cm³/mol. The number of hydrogen-bond donors (Lipinski definition) is 5. The second kappa shape index (κ2) is 25.6. The molecule has 0 heterocycles. The smallest absolute Gasteiger partial charge is 0.335 e. The van der Waals surface area contributed by atoms with Crippen molar-refractivity contribution in [2.75, 3.05) is 23.7 Å². The van der Waals surface area contributed by atoms with E-state index in [1.807, 2.05) is 62.4 Å². The summed E-state index contributed by atoms with van der Waals surface area (Å²) >= 11 is 1.65. The van der Waals surface area contributed by atoms with Crippen LogP contribution in [0.3, 0.4) is 0 Å². The molecule has 4 aromatic rings. The molecule has 4 aromatic carbocycles. The molecule has 0 aromatic heterocycles. The van der Waals surface area contributed by atoms with Gasteiger partial charge in [-0.2, -0.15) is 11.8 Å². The van der Waals surface area contributed by atoms with Gasteiger partial charge in [-0.25, -0.2) is 4.79 Å². The van der Waals surface area contributed by atoms with E-state index in [1.54, 1.807) is 24.3 Å². The highest BCUT2D eigenvalue weighted by molar-refractivity contribution is 7.95. The van der Waals surface area contributed by atoms with Crippen LogP contribution in [0.5, 0.6) is 23.0 Å². The van der Waals surface area contributed by atoms with E-state index >= 15 is 0 Å². The van der Waals surface area contributed by atoms with Gasteiger partial charge in [-0.15, -0.1) is 18.6 Å². The first-order chi connectivity index (χ1) is 24.9. The standard InChI is InChI=1S/C17H20N2O5S.C17H20N2O4S.C2H6/c1-2-3-9-19-14-10-12(17(20)21)11-15(25-24-23-18)16(14)22-13-7-5-4-6-8-13;1-2-3-9-19-15-10-13(12-20)11-16(24-23-22-18)17(15)21-14-7-5-4-6-8-14;1-2/h4-8,10-11,19H,2-3,9,18H2,1H3,(H,20,21);4-8,10-12,19H,2-3,9,18H2,1H3;1-2H3. The predicted octanol–water partition coefficient (Wildman–Crippen LogP) is 9.58. The minimum Gasteiger partial charge on any atom is -0.478 e. The summed E-state index contributed by atoms with van der Waals surface area (Å²) in [4.78, 5) is 31.9. The molecule has 15 heteroatoms. The minimum absolute atomic E-state index is 0.0996. The number of rotatable bonds is 20. The van der Waals surface area contributed by atoms with Crippen molar-refractivity contribution >= 4 is 47.7 Å². The van der Waals surface area contributed by atoms with E-state index in [0.29, 0.717) is 56.3 Å². The Balaban J connectivity index is 0.000000337. The number of ether oxygens (including phenoxy) is 2. The summed E-state index contributed by atoms with van der Waals surface area (Å²) in [6.07, 6.45) is 4.77. The van der Waals surface area contributed by atoms with Crippen molar-refractivity contribution in [3.05, 3.63) is 96.1 Å². The Labute approximate surface area is 307 Å². The molecular weight excluding hydrogens is 697 g/mol. The first-order valence-corrected chi connectivity index (χ1v) is 17.8. The van der Waals surface area contributed by atoms with Gasteiger partial charge in [0.1, 0.15) is 17.8 Å². The Bertz CT molecular complexity index is 1590. The molecule has 0 radical (unpaired) electrons. The fraction of sp³-hybridized carbons (Fsp3) is 0.278. The number of aromatic carboxylic acids is 1. The number of para-hydroxylation sites is 2. The van der Waals surface area contributed by atoms with Gasteiger partial charge < -0.3 is 25.2 Å². The Morgan fingerprint density at radius 3 is 1.59 bits per heavy atom. The quantitative estimate of drug-likeness (QED) is 0.0189. The molecule has 0 aliphatic rings. The molecule has 0 saturated carbocycles. The zero-order valence-electron chi connectivity index (χ0n) is 29.1. The highest BCUT2D eigenvalue weighted by Gasteiger charge is 2.19. The fourth-order valence-electron chi connectivity index (χ4n) is 4.14. The van der Waals surface area contributed by atoms with E-state index in [1.165, 1.54) is 12.1 Å². The van der Waals surface area contributed by atoms with Gasteiger partial charge in [0.15, 0.2) is 11.5 Å². The zero-order valence-corrected chi connectivity index (χ0v) is 30.7. The molecule has 0 saturated heterocycles. The van der Waals surface area contributed by atoms with Gasteiger partial charge >= 0.3 is 5.97 Å². The fourth-order valence-corrected chi connectivity index (χ4v) is 5.18. The third-order valence-corrected chi connectivity index (χ3v) is 7.72. The lowest BCUT2D eigenvalue weighted by Crippen LogP contribution is -2.06. The van der Waals surface area contributed by atoms with E-state index < -0.39 is 5.97 Å². The zero-order chi connectivity index (χ0) is 37.3. The second-order valence-electron chi connectivity index (χ2n) is 10.1. The summed E-state index contributed by atoms with van der Waals surface area (Å²) in [5, 5.41) is 15.9. The van der Waals surface area contributed by atoms with Crippen molar-refractivity contribution in [1.82, 2.24) is 0 Å². The highest BCUT2D eigenvalue weighted by atomic mass is 32.2. The summed E-state index contributed by atoms with van der Waals surface area (Å²) in [5.41, 5.74) is 1.86. The van der Waals surface area contributed by atoms with Crippen LogP contribution in [0.25, 0.3) is 0 Å². The van der Waals surface area contributed by atoms with Crippen LogP contribution in [0.15, 0.2) is 94.7 Å². The number of nitrogens with one attached hydrogen (secondary N) is 2. The molecule has 7 N–H and O–H groups in total. The van der Waals surface area contributed by atoms with Crippen LogP contribution in [0.2, 0.25) is 0 Å². The average Bonchev–Trinajstić information content (AvgIpc) is 3.16. The SMILES string of the molecule is CC.CCCCNc1cc(C(=O)O)cc(SOON)c1Oc1ccccc1.CCCCNc1cc(C=O)cc(SOON)c1Oc1ccccc1. The summed E-state index contributed by atoms with van der Waals surface area (Å²) in [5.74, 6) is 11.0. The van der Waals surface area contributed by atoms with Crippen LogP contribution < -0.4 is 31.9 Å². The Morgan fingerprint density at radius 1 is 0.725 bits per heavy atom. The number of nitrogens with two attached hydrogens (primary N) is 2. The molecule has 0 spiro atoms. The van der Waals surface area contributed by atoms with E-state index in [4.69, 9.17) is 29.9 Å². The van der Waals surface area contributed by atoms with Gasteiger partial charge in [-0.05, 0) is 61.4 Å². The lowest BCUT2D eigenvalue weighted by Gasteiger charge is -2.17. The lowest BCUT2D eigenvalue weighted by molar-refractivity contribution is -0.195. The van der Waals surface area contributed by atoms with Crippen molar-refractivity contribution in [1.29, 1.82) is 0 Å². The number of carboxylic acids is 1. The summed E-state index contributed by atoms with van der Waals surface area (Å²) in [6, 6.07) is 24.9. The number of aldehydes is 1. The third-order valence-electron chi connectivity index (χ3n) is 6.46. The van der Waals surface area contributed by atoms with Crippen molar-refractivity contribution in [3.63, 3.8) is 0 Å². The molecule has 0 fully saturated rings. The van der Waals surface area contributed by atoms with Crippen molar-refractivity contribution < 1.29 is 42.8 Å². The lowest BCUT2D eigenvalue weighted by atomic mass is 10.1. The summed E-state index contributed by atoms with van der Waals surface area (Å²) in [6.45, 7) is 9.63. The first kappa shape index (κ1) is 42.8. The van der Waals surface area contributed by atoms with Crippen LogP contribution in [-0.2, 0) is 18.6 Å². The van der Waals surface area contributed by atoms with Gasteiger partial charge in [0.05, 0.1) is 50.8 Å². The molecule has 0 aliphatic heterocycles. The van der Waals surface area contributed by atoms with Crippen LogP contribution in [0.4, 0.5) is 11.4 Å². The van der Waals surface area contributed by atoms with Crippen LogP contribution in [0.1, 0.15) is 74.1 Å². The van der Waals surface area contributed by atoms with Crippen molar-refractivity contribution in [3.8, 4) is 23.0 Å². The number of hydrogen-bond acceptors (Lipinski definition) is 14. The first-order valence-electron chi connectivity index (χ1n) is 16.3. The number of unbranched alkanes of at least 4 members (excludes halogenated alkanes) is 2. The molecule has 0 amide bonds. The molecule has 0 unspecified atom stereocenters. The molecule has 276 valence electrons. The number of benzene rings is 4. The van der Waals surface area contributed by atoms with Crippen molar-refractivity contribution in [2.24, 2.45) is 11.8 Å². The largest absolute Gasteiger partial charge is 0.478 e.